The molecular weight excluding hydrogens is 755 g/mol. The molecule has 0 saturated carbocycles. The second-order valence-electron chi connectivity index (χ2n) is 13.4. The van der Waals surface area contributed by atoms with Crippen molar-refractivity contribution in [2.24, 2.45) is 0 Å². The van der Waals surface area contributed by atoms with Crippen molar-refractivity contribution in [2.75, 3.05) is 0 Å². The lowest BCUT2D eigenvalue weighted by atomic mass is 9.96. The number of hydrogen-bond donors (Lipinski definition) is 5. The molecule has 55 heavy (non-hydrogen) atoms. The molecule has 1 aliphatic carbocycles. The highest BCUT2D eigenvalue weighted by molar-refractivity contribution is 7.84. The Balaban J connectivity index is 1.44. The number of hydrogen-bond acceptors (Lipinski definition) is 11. The summed E-state index contributed by atoms with van der Waals surface area (Å²) in [5, 5.41) is 29.2. The summed E-state index contributed by atoms with van der Waals surface area (Å²) in [7, 11) is -10.3. The van der Waals surface area contributed by atoms with Crippen molar-refractivity contribution in [3.05, 3.63) is 169 Å². The van der Waals surface area contributed by atoms with Gasteiger partial charge in [0.1, 0.15) is 17.1 Å². The zero-order valence-corrected chi connectivity index (χ0v) is 33.6. The molecule has 14 heteroatoms. The molecule has 5 N–H and O–H groups in total. The number of rotatable bonds is 13. The van der Waals surface area contributed by atoms with E-state index in [1.54, 1.807) is 31.2 Å². The van der Waals surface area contributed by atoms with Crippen molar-refractivity contribution < 1.29 is 37.6 Å². The first-order chi connectivity index (χ1) is 26.5. The first-order valence-electron chi connectivity index (χ1n) is 17.8. The van der Waals surface area contributed by atoms with Gasteiger partial charge in [-0.25, -0.2) is 0 Å². The first kappa shape index (κ1) is 38.7. The zero-order valence-electron chi connectivity index (χ0n) is 30.9. The van der Waals surface area contributed by atoms with E-state index in [0.29, 0.717) is 28.8 Å². The third-order valence-corrected chi connectivity index (χ3v) is 18.6. The molecule has 7 atom stereocenters. The normalized spacial score (nSPS) is 30.3. The first-order valence-corrected chi connectivity index (χ1v) is 23.0. The fraction of sp³-hybridized carbons (Fsp3) is 0.220. The number of nitrogens with one attached hydrogen (secondary N) is 3. The summed E-state index contributed by atoms with van der Waals surface area (Å²) in [4.78, 5) is 3.73. The van der Waals surface area contributed by atoms with E-state index in [1.807, 2.05) is 130 Å². The van der Waals surface area contributed by atoms with Crippen molar-refractivity contribution in [1.82, 2.24) is 15.0 Å². The molecule has 0 radical (unpaired) electrons. The minimum atomic E-state index is -3.68. The molecule has 2 aliphatic heterocycles. The smallest absolute Gasteiger partial charge is 0.512 e. The van der Waals surface area contributed by atoms with Crippen LogP contribution < -0.4 is 33.3 Å². The number of para-hydroxylation sites is 3. The summed E-state index contributed by atoms with van der Waals surface area (Å²) >= 11 is 0. The van der Waals surface area contributed by atoms with Gasteiger partial charge in [0.05, 0.1) is 10.6 Å². The van der Waals surface area contributed by atoms with E-state index in [9.17, 15) is 10.2 Å². The molecule has 4 aromatic carbocycles. The van der Waals surface area contributed by atoms with Crippen molar-refractivity contribution in [3.63, 3.8) is 0 Å². The standard InChI is InChI=1S/C41H43N3O8P3/c1-5-6-19-31(2)48-55(51-38-26-17-10-18-27-38)43-39-40(47-35-20-11-7-12-21-35)53(39,49-36-22-13-8-14-23-36)42-32(3)54(44-55,50-37-24-15-9-16-25-37)52-41(4)29-33(45)28-34(46)30-41/h5-9,11-17,19-29,32,39-40,42-44H,30H2,1-4H3/q+1/p+2/b6-5-,31-19+. The number of aliphatic hydroxyl groups is 2. The molecule has 11 nitrogen and oxygen atoms in total. The van der Waals surface area contributed by atoms with Crippen LogP contribution in [0.1, 0.15) is 34.1 Å². The molecule has 2 heterocycles. The van der Waals surface area contributed by atoms with Gasteiger partial charge < -0.3 is 19.5 Å². The molecular formula is C41H45N3O8P3+3. The third kappa shape index (κ3) is 8.94. The van der Waals surface area contributed by atoms with E-state index in [4.69, 9.17) is 27.4 Å². The number of ether oxygens (including phenoxy) is 1. The Morgan fingerprint density at radius 2 is 1.49 bits per heavy atom. The van der Waals surface area contributed by atoms with Crippen LogP contribution in [0.2, 0.25) is 0 Å². The summed E-state index contributed by atoms with van der Waals surface area (Å²) in [6, 6.07) is 39.6. The Morgan fingerprint density at radius 3 is 2.11 bits per heavy atom. The third-order valence-electron chi connectivity index (χ3n) is 8.73. The highest BCUT2D eigenvalue weighted by Gasteiger charge is 2.91. The molecule has 2 saturated heterocycles. The summed E-state index contributed by atoms with van der Waals surface area (Å²) in [6.45, 7) is 7.52. The second-order valence-corrected chi connectivity index (χ2v) is 21.2. The van der Waals surface area contributed by atoms with Gasteiger partial charge >= 0.3 is 29.4 Å². The van der Waals surface area contributed by atoms with Crippen molar-refractivity contribution >= 4 is 23.5 Å². The molecule has 7 rings (SSSR count). The molecule has 0 bridgehead atoms. The van der Waals surface area contributed by atoms with Gasteiger partial charge in [0.2, 0.25) is 5.78 Å². The maximum atomic E-state index is 10.8. The Kier molecular flexibility index (Phi) is 11.4. The number of fused-ring (bicyclic) bond motifs is 1. The van der Waals surface area contributed by atoms with Crippen LogP contribution in [0.15, 0.2) is 157 Å². The van der Waals surface area contributed by atoms with E-state index in [0.717, 1.165) is 0 Å². The SMILES string of the molecule is C/C=C\C=C(/C)O[P+]1(Oc2cc#ccc2)NC2C(Oc3ccccc3)[P+]2(Oc2ccccc2)NC(C)[P+](Oc2ccccc2)(OC2(C)C=C(O)C=C(O)C2)N1. The van der Waals surface area contributed by atoms with Crippen molar-refractivity contribution in [3.8, 4) is 23.0 Å². The fourth-order valence-corrected chi connectivity index (χ4v) is 17.8. The van der Waals surface area contributed by atoms with E-state index in [-0.39, 0.29) is 17.9 Å². The van der Waals surface area contributed by atoms with Gasteiger partial charge in [0.25, 0.3) is 5.78 Å². The second kappa shape index (κ2) is 16.2. The van der Waals surface area contributed by atoms with Crippen molar-refractivity contribution in [2.45, 2.75) is 57.1 Å². The number of allylic oxidation sites excluding steroid dienone is 5. The van der Waals surface area contributed by atoms with Crippen LogP contribution in [0.4, 0.5) is 0 Å². The molecule has 0 aromatic heterocycles. The van der Waals surface area contributed by atoms with E-state index >= 15 is 0 Å². The molecule has 2 fully saturated rings. The molecule has 7 unspecified atom stereocenters. The van der Waals surface area contributed by atoms with Gasteiger partial charge in [0, 0.05) is 18.6 Å². The van der Waals surface area contributed by atoms with Crippen molar-refractivity contribution in [1.29, 1.82) is 0 Å². The van der Waals surface area contributed by atoms with Crippen LogP contribution in [0.25, 0.3) is 0 Å². The summed E-state index contributed by atoms with van der Waals surface area (Å²) in [5.41, 5.74) is -1.26. The average Bonchev–Trinajstić information content (AvgIpc) is 3.70. The number of benzene rings is 3. The van der Waals surface area contributed by atoms with Gasteiger partial charge in [-0.15, -0.1) is 5.09 Å². The van der Waals surface area contributed by atoms with Gasteiger partial charge in [-0.1, -0.05) is 84.0 Å². The summed E-state index contributed by atoms with van der Waals surface area (Å²) < 4.78 is 42.2. The van der Waals surface area contributed by atoms with Crippen LogP contribution >= 0.6 is 23.5 Å². The molecule has 3 aliphatic rings. The van der Waals surface area contributed by atoms with Gasteiger partial charge in [-0.3, -0.25) is 13.6 Å². The zero-order chi connectivity index (χ0) is 38.5. The summed E-state index contributed by atoms with van der Waals surface area (Å²) in [5.74, 6) is 0.968. The lowest BCUT2D eigenvalue weighted by molar-refractivity contribution is 0.107. The predicted molar refractivity (Wildman–Crippen MR) is 218 cm³/mol. The van der Waals surface area contributed by atoms with E-state index < -0.39 is 46.5 Å². The Morgan fingerprint density at radius 1 is 0.836 bits per heavy atom. The minimum Gasteiger partial charge on any atom is -0.512 e. The minimum absolute atomic E-state index is 0.0455. The largest absolute Gasteiger partial charge is 0.561 e. The maximum absolute atomic E-state index is 10.8. The molecule has 284 valence electrons. The van der Waals surface area contributed by atoms with Gasteiger partial charge in [-0.05, 0) is 88.4 Å². The van der Waals surface area contributed by atoms with Crippen LogP contribution in [0.3, 0.4) is 0 Å². The topological polar surface area (TPSA) is 132 Å². The molecule has 0 amide bonds. The Hall–Kier alpha value is -4.61. The lowest BCUT2D eigenvalue weighted by Gasteiger charge is -2.37. The van der Waals surface area contributed by atoms with Crippen LogP contribution in [0, 0.1) is 12.1 Å². The van der Waals surface area contributed by atoms with Crippen LogP contribution in [0.5, 0.6) is 23.0 Å². The lowest BCUT2D eigenvalue weighted by Crippen LogP contribution is -2.48. The van der Waals surface area contributed by atoms with Gasteiger partial charge in [0.15, 0.2) is 23.0 Å². The van der Waals surface area contributed by atoms with Crippen LogP contribution in [-0.2, 0) is 9.05 Å². The molecule has 0 spiro atoms. The quantitative estimate of drug-likeness (QED) is 0.0503. The average molecular weight is 801 g/mol. The van der Waals surface area contributed by atoms with Crippen LogP contribution in [-0.4, -0.2) is 33.2 Å². The van der Waals surface area contributed by atoms with Gasteiger partial charge in [-0.2, -0.15) is 4.52 Å². The predicted octanol–water partition coefficient (Wildman–Crippen LogP) is 10.5. The highest BCUT2D eigenvalue weighted by Crippen LogP contribution is 2.86. The summed E-state index contributed by atoms with van der Waals surface area (Å²) in [6.07, 6.45) is 8.56. The fourth-order valence-electron chi connectivity index (χ4n) is 6.33. The molecule has 4 aromatic rings. The monoisotopic (exact) mass is 800 g/mol. The Labute approximate surface area is 324 Å². The van der Waals surface area contributed by atoms with E-state index in [1.165, 1.54) is 6.08 Å². The maximum Gasteiger partial charge on any atom is 0.561 e. The van der Waals surface area contributed by atoms with E-state index in [2.05, 4.69) is 27.2 Å². The number of aliphatic hydroxyl groups excluding tert-OH is 2. The Bertz CT molecular complexity index is 2050. The highest BCUT2D eigenvalue weighted by atomic mass is 31.3.